The molecule has 0 bridgehead atoms. The van der Waals surface area contributed by atoms with Gasteiger partial charge in [0.2, 0.25) is 0 Å². The fourth-order valence-corrected chi connectivity index (χ4v) is 2.60. The van der Waals surface area contributed by atoms with Gasteiger partial charge in [-0.3, -0.25) is 4.99 Å². The van der Waals surface area contributed by atoms with Crippen molar-refractivity contribution >= 4 is 41.3 Å². The zero-order valence-electron chi connectivity index (χ0n) is 12.5. The molecule has 21 heavy (non-hydrogen) atoms. The molecule has 0 saturated carbocycles. The number of nitrogens with zero attached hydrogens (tertiary/aromatic N) is 3. The SMILES string of the molecule is CCc1nc(CNC(=NC)N(C)Cc2ccco2)cs1.I. The number of furan rings is 1. The number of aromatic nitrogens is 1. The molecule has 0 aliphatic rings. The molecule has 2 aromatic heterocycles. The van der Waals surface area contributed by atoms with E-state index < -0.39 is 0 Å². The summed E-state index contributed by atoms with van der Waals surface area (Å²) in [5.41, 5.74) is 1.05. The van der Waals surface area contributed by atoms with Gasteiger partial charge in [-0.25, -0.2) is 4.98 Å². The van der Waals surface area contributed by atoms with Gasteiger partial charge in [0.15, 0.2) is 5.96 Å². The van der Waals surface area contributed by atoms with Gasteiger partial charge in [-0.2, -0.15) is 0 Å². The van der Waals surface area contributed by atoms with E-state index in [0.29, 0.717) is 13.1 Å². The minimum atomic E-state index is 0. The number of rotatable bonds is 5. The number of aryl methyl sites for hydroxylation is 1. The Labute approximate surface area is 146 Å². The monoisotopic (exact) mass is 420 g/mol. The van der Waals surface area contributed by atoms with E-state index >= 15 is 0 Å². The Bertz CT molecular complexity index is 553. The second-order valence-corrected chi connectivity index (χ2v) is 5.36. The lowest BCUT2D eigenvalue weighted by molar-refractivity contribution is 0.400. The molecule has 0 aliphatic carbocycles. The highest BCUT2D eigenvalue weighted by Crippen LogP contribution is 2.10. The molecule has 0 aliphatic heterocycles. The zero-order valence-corrected chi connectivity index (χ0v) is 15.6. The first-order valence-electron chi connectivity index (χ1n) is 6.60. The summed E-state index contributed by atoms with van der Waals surface area (Å²) in [4.78, 5) is 10.8. The fraction of sp³-hybridized carbons (Fsp3) is 0.429. The van der Waals surface area contributed by atoms with Crippen molar-refractivity contribution in [2.24, 2.45) is 4.99 Å². The molecule has 2 rings (SSSR count). The summed E-state index contributed by atoms with van der Waals surface area (Å²) in [5, 5.41) is 6.57. The molecular formula is C14H21IN4OS. The second-order valence-electron chi connectivity index (χ2n) is 4.42. The summed E-state index contributed by atoms with van der Waals surface area (Å²) in [6.07, 6.45) is 2.67. The number of thiazole rings is 1. The predicted molar refractivity (Wildman–Crippen MR) is 97.3 cm³/mol. The molecule has 0 fully saturated rings. The lowest BCUT2D eigenvalue weighted by atomic mass is 10.4. The van der Waals surface area contributed by atoms with Crippen LogP contribution in [0.1, 0.15) is 23.4 Å². The Morgan fingerprint density at radius 3 is 2.90 bits per heavy atom. The highest BCUT2D eigenvalue weighted by Gasteiger charge is 2.09. The Hall–Kier alpha value is -1.09. The maximum Gasteiger partial charge on any atom is 0.194 e. The molecule has 1 N–H and O–H groups in total. The van der Waals surface area contributed by atoms with E-state index in [0.717, 1.165) is 23.8 Å². The first-order chi connectivity index (χ1) is 9.72. The van der Waals surface area contributed by atoms with Crippen LogP contribution in [-0.4, -0.2) is 29.9 Å². The van der Waals surface area contributed by atoms with E-state index in [9.17, 15) is 0 Å². The van der Waals surface area contributed by atoms with Crippen molar-refractivity contribution in [1.82, 2.24) is 15.2 Å². The van der Waals surface area contributed by atoms with Crippen molar-refractivity contribution in [1.29, 1.82) is 0 Å². The Morgan fingerprint density at radius 1 is 1.52 bits per heavy atom. The topological polar surface area (TPSA) is 53.7 Å². The molecule has 0 spiro atoms. The summed E-state index contributed by atoms with van der Waals surface area (Å²) < 4.78 is 5.34. The number of nitrogens with one attached hydrogen (secondary N) is 1. The van der Waals surface area contributed by atoms with Gasteiger partial charge in [0.25, 0.3) is 0 Å². The summed E-state index contributed by atoms with van der Waals surface area (Å²) in [6, 6.07) is 3.85. The molecule has 7 heteroatoms. The van der Waals surface area contributed by atoms with Crippen LogP contribution in [0.4, 0.5) is 0 Å². The Kier molecular flexibility index (Phi) is 7.73. The number of aliphatic imine (C=N–C) groups is 1. The van der Waals surface area contributed by atoms with Gasteiger partial charge in [0, 0.05) is 19.5 Å². The summed E-state index contributed by atoms with van der Waals surface area (Å²) in [6.45, 7) is 3.49. The fourth-order valence-electron chi connectivity index (χ4n) is 1.86. The van der Waals surface area contributed by atoms with Crippen LogP contribution in [0.2, 0.25) is 0 Å². The Morgan fingerprint density at radius 2 is 2.33 bits per heavy atom. The average molecular weight is 420 g/mol. The third-order valence-electron chi connectivity index (χ3n) is 2.88. The van der Waals surface area contributed by atoms with Gasteiger partial charge in [-0.05, 0) is 18.6 Å². The van der Waals surface area contributed by atoms with E-state index in [2.05, 4.69) is 27.6 Å². The van der Waals surface area contributed by atoms with Gasteiger partial charge >= 0.3 is 0 Å². The van der Waals surface area contributed by atoms with Crippen molar-refractivity contribution in [2.75, 3.05) is 14.1 Å². The van der Waals surface area contributed by atoms with Crippen molar-refractivity contribution < 1.29 is 4.42 Å². The van der Waals surface area contributed by atoms with Crippen LogP contribution in [0.5, 0.6) is 0 Å². The number of hydrogen-bond acceptors (Lipinski definition) is 4. The van der Waals surface area contributed by atoms with Crippen LogP contribution in [-0.2, 0) is 19.5 Å². The van der Waals surface area contributed by atoms with Crippen LogP contribution >= 0.6 is 35.3 Å². The lowest BCUT2D eigenvalue weighted by Gasteiger charge is -2.20. The maximum absolute atomic E-state index is 5.34. The highest BCUT2D eigenvalue weighted by atomic mass is 127. The molecule has 0 radical (unpaired) electrons. The van der Waals surface area contributed by atoms with Crippen LogP contribution in [0.25, 0.3) is 0 Å². The van der Waals surface area contributed by atoms with Crippen molar-refractivity contribution in [3.05, 3.63) is 40.2 Å². The standard InChI is InChI=1S/C14H20N4OS.HI/c1-4-13-17-11(10-20-13)8-16-14(15-2)18(3)9-12-6-5-7-19-12;/h5-7,10H,4,8-9H2,1-3H3,(H,15,16);1H. The third-order valence-corrected chi connectivity index (χ3v) is 3.92. The first-order valence-corrected chi connectivity index (χ1v) is 7.48. The Balaban J connectivity index is 0.00000220. The maximum atomic E-state index is 5.34. The molecule has 0 atom stereocenters. The summed E-state index contributed by atoms with van der Waals surface area (Å²) in [5.74, 6) is 1.74. The van der Waals surface area contributed by atoms with E-state index in [1.165, 1.54) is 5.01 Å². The molecule has 2 aromatic rings. The molecule has 0 unspecified atom stereocenters. The van der Waals surface area contributed by atoms with E-state index in [1.54, 1.807) is 24.6 Å². The van der Waals surface area contributed by atoms with Gasteiger partial charge in [-0.15, -0.1) is 35.3 Å². The molecule has 116 valence electrons. The van der Waals surface area contributed by atoms with Crippen molar-refractivity contribution in [3.63, 3.8) is 0 Å². The highest BCUT2D eigenvalue weighted by molar-refractivity contribution is 14.0. The molecular weight excluding hydrogens is 399 g/mol. The number of guanidine groups is 1. The van der Waals surface area contributed by atoms with E-state index in [1.807, 2.05) is 24.1 Å². The molecule has 0 saturated heterocycles. The molecule has 0 aromatic carbocycles. The smallest absolute Gasteiger partial charge is 0.194 e. The van der Waals surface area contributed by atoms with Crippen LogP contribution in [0, 0.1) is 0 Å². The minimum Gasteiger partial charge on any atom is -0.467 e. The van der Waals surface area contributed by atoms with Crippen molar-refractivity contribution in [3.8, 4) is 0 Å². The lowest BCUT2D eigenvalue weighted by Crippen LogP contribution is -2.38. The van der Waals surface area contributed by atoms with E-state index in [-0.39, 0.29) is 24.0 Å². The molecule has 0 amide bonds. The first kappa shape index (κ1) is 18.0. The van der Waals surface area contributed by atoms with Gasteiger partial charge in [0.1, 0.15) is 5.76 Å². The van der Waals surface area contributed by atoms with Crippen molar-refractivity contribution in [2.45, 2.75) is 26.4 Å². The van der Waals surface area contributed by atoms with Gasteiger partial charge in [0.05, 0.1) is 30.1 Å². The quantitative estimate of drug-likeness (QED) is 0.459. The van der Waals surface area contributed by atoms with Gasteiger partial charge in [-0.1, -0.05) is 6.92 Å². The largest absolute Gasteiger partial charge is 0.467 e. The van der Waals surface area contributed by atoms with Gasteiger partial charge < -0.3 is 14.6 Å². The average Bonchev–Trinajstić information content (AvgIpc) is 3.10. The summed E-state index contributed by atoms with van der Waals surface area (Å²) in [7, 11) is 3.76. The van der Waals surface area contributed by atoms with E-state index in [4.69, 9.17) is 4.42 Å². The molecule has 5 nitrogen and oxygen atoms in total. The second kappa shape index (κ2) is 9.04. The predicted octanol–water partition coefficient (Wildman–Crippen LogP) is 3.12. The number of halogens is 1. The minimum absolute atomic E-state index is 0. The normalized spacial score (nSPS) is 11.1. The number of hydrogen-bond donors (Lipinski definition) is 1. The summed E-state index contributed by atoms with van der Waals surface area (Å²) >= 11 is 1.70. The van der Waals surface area contributed by atoms with Crippen LogP contribution in [0.3, 0.4) is 0 Å². The third kappa shape index (κ3) is 5.31. The van der Waals surface area contributed by atoms with Crippen LogP contribution in [0.15, 0.2) is 33.2 Å². The zero-order chi connectivity index (χ0) is 14.4. The molecule has 2 heterocycles. The van der Waals surface area contributed by atoms with Crippen LogP contribution < -0.4 is 5.32 Å².